The second kappa shape index (κ2) is 5.16. The molecule has 108 valence electrons. The van der Waals surface area contributed by atoms with E-state index in [0.717, 1.165) is 5.69 Å². The number of nitrogens with two attached hydrogens (primary N) is 1. The summed E-state index contributed by atoms with van der Waals surface area (Å²) in [5.41, 5.74) is 7.58. The SMILES string of the molecule is Cc1c(N)cccc1S(=O)(=O)Nc1cc(C(C)C)[nH]n1. The van der Waals surface area contributed by atoms with Crippen LogP contribution in [0, 0.1) is 6.92 Å². The van der Waals surface area contributed by atoms with Crippen LogP contribution >= 0.6 is 0 Å². The van der Waals surface area contributed by atoms with Crippen molar-refractivity contribution in [3.8, 4) is 0 Å². The highest BCUT2D eigenvalue weighted by Gasteiger charge is 2.19. The van der Waals surface area contributed by atoms with Crippen LogP contribution in [0.3, 0.4) is 0 Å². The number of nitrogen functional groups attached to an aromatic ring is 1. The van der Waals surface area contributed by atoms with E-state index in [1.807, 2.05) is 13.8 Å². The van der Waals surface area contributed by atoms with Crippen LogP contribution in [0.1, 0.15) is 31.0 Å². The lowest BCUT2D eigenvalue weighted by atomic mass is 10.1. The van der Waals surface area contributed by atoms with Gasteiger partial charge >= 0.3 is 0 Å². The number of benzene rings is 1. The summed E-state index contributed by atoms with van der Waals surface area (Å²) in [7, 11) is -3.69. The van der Waals surface area contributed by atoms with Crippen LogP contribution < -0.4 is 10.5 Å². The first-order valence-corrected chi connectivity index (χ1v) is 7.73. The van der Waals surface area contributed by atoms with Gasteiger partial charge in [-0.3, -0.25) is 9.82 Å². The van der Waals surface area contributed by atoms with E-state index in [9.17, 15) is 8.42 Å². The number of rotatable bonds is 4. The van der Waals surface area contributed by atoms with Gasteiger partial charge in [-0.15, -0.1) is 0 Å². The molecule has 0 radical (unpaired) electrons. The Labute approximate surface area is 118 Å². The largest absolute Gasteiger partial charge is 0.398 e. The Hall–Kier alpha value is -2.02. The molecule has 1 aromatic heterocycles. The topological polar surface area (TPSA) is 101 Å². The van der Waals surface area contributed by atoms with Gasteiger partial charge in [-0.25, -0.2) is 8.42 Å². The van der Waals surface area contributed by atoms with Gasteiger partial charge in [0.15, 0.2) is 5.82 Å². The molecule has 0 spiro atoms. The number of nitrogens with one attached hydrogen (secondary N) is 2. The summed E-state index contributed by atoms with van der Waals surface area (Å²) in [5, 5.41) is 6.76. The maximum atomic E-state index is 12.3. The fourth-order valence-corrected chi connectivity index (χ4v) is 3.07. The minimum atomic E-state index is -3.69. The maximum Gasteiger partial charge on any atom is 0.263 e. The van der Waals surface area contributed by atoms with Crippen molar-refractivity contribution in [3.63, 3.8) is 0 Å². The summed E-state index contributed by atoms with van der Waals surface area (Å²) in [6, 6.07) is 6.48. The number of anilines is 2. The van der Waals surface area contributed by atoms with Crippen molar-refractivity contribution in [1.82, 2.24) is 10.2 Å². The molecule has 0 aliphatic heterocycles. The zero-order valence-corrected chi connectivity index (χ0v) is 12.5. The summed E-state index contributed by atoms with van der Waals surface area (Å²) >= 11 is 0. The van der Waals surface area contributed by atoms with Crippen molar-refractivity contribution in [2.75, 3.05) is 10.5 Å². The summed E-state index contributed by atoms with van der Waals surface area (Å²) in [5.74, 6) is 0.519. The molecule has 0 bridgehead atoms. The number of aromatic nitrogens is 2. The van der Waals surface area contributed by atoms with Crippen molar-refractivity contribution in [3.05, 3.63) is 35.5 Å². The molecule has 0 saturated heterocycles. The van der Waals surface area contributed by atoms with E-state index in [4.69, 9.17) is 5.73 Å². The highest BCUT2D eigenvalue weighted by molar-refractivity contribution is 7.92. The monoisotopic (exact) mass is 294 g/mol. The van der Waals surface area contributed by atoms with E-state index in [0.29, 0.717) is 11.3 Å². The predicted molar refractivity (Wildman–Crippen MR) is 79.1 cm³/mol. The van der Waals surface area contributed by atoms with Crippen LogP contribution in [0.15, 0.2) is 29.2 Å². The van der Waals surface area contributed by atoms with Crippen LogP contribution in [0.4, 0.5) is 11.5 Å². The Bertz CT molecular complexity index is 720. The molecular weight excluding hydrogens is 276 g/mol. The molecule has 0 saturated carbocycles. The van der Waals surface area contributed by atoms with Gasteiger partial charge in [0.1, 0.15) is 0 Å². The molecule has 20 heavy (non-hydrogen) atoms. The standard InChI is InChI=1S/C13H18N4O2S/c1-8(2)11-7-13(16-15-11)17-20(18,19)12-6-4-5-10(14)9(12)3/h4-8H,14H2,1-3H3,(H2,15,16,17). The first-order chi connectivity index (χ1) is 9.31. The first-order valence-electron chi connectivity index (χ1n) is 6.24. The number of sulfonamides is 1. The van der Waals surface area contributed by atoms with Crippen LogP contribution in [-0.2, 0) is 10.0 Å². The number of hydrogen-bond donors (Lipinski definition) is 3. The first kappa shape index (κ1) is 14.4. The highest BCUT2D eigenvalue weighted by atomic mass is 32.2. The van der Waals surface area contributed by atoms with Crippen LogP contribution in [0.5, 0.6) is 0 Å². The third-order valence-electron chi connectivity index (χ3n) is 3.07. The second-order valence-electron chi connectivity index (χ2n) is 4.94. The Balaban J connectivity index is 2.33. The molecule has 2 aromatic rings. The third-order valence-corrected chi connectivity index (χ3v) is 4.57. The minimum Gasteiger partial charge on any atom is -0.398 e. The molecule has 0 amide bonds. The molecular formula is C13H18N4O2S. The Morgan fingerprint density at radius 3 is 2.65 bits per heavy atom. The van der Waals surface area contributed by atoms with Crippen molar-refractivity contribution in [2.45, 2.75) is 31.6 Å². The van der Waals surface area contributed by atoms with E-state index in [2.05, 4.69) is 14.9 Å². The Morgan fingerprint density at radius 2 is 2.05 bits per heavy atom. The number of nitrogens with zero attached hydrogens (tertiary/aromatic N) is 1. The highest BCUT2D eigenvalue weighted by Crippen LogP contribution is 2.23. The molecule has 6 nitrogen and oxygen atoms in total. The molecule has 2 rings (SSSR count). The number of H-pyrrole nitrogens is 1. The van der Waals surface area contributed by atoms with Gasteiger partial charge in [0.2, 0.25) is 0 Å². The molecule has 1 aromatic carbocycles. The third kappa shape index (κ3) is 2.77. The van der Waals surface area contributed by atoms with Gasteiger partial charge in [-0.05, 0) is 30.5 Å². The van der Waals surface area contributed by atoms with Crippen LogP contribution in [0.2, 0.25) is 0 Å². The van der Waals surface area contributed by atoms with Crippen molar-refractivity contribution < 1.29 is 8.42 Å². The molecule has 0 fully saturated rings. The smallest absolute Gasteiger partial charge is 0.263 e. The average molecular weight is 294 g/mol. The molecule has 0 atom stereocenters. The van der Waals surface area contributed by atoms with E-state index >= 15 is 0 Å². The lowest BCUT2D eigenvalue weighted by Gasteiger charge is -2.09. The Kier molecular flexibility index (Phi) is 3.71. The predicted octanol–water partition coefficient (Wildman–Crippen LogP) is 2.22. The van der Waals surface area contributed by atoms with Gasteiger partial charge in [-0.2, -0.15) is 5.10 Å². The van der Waals surface area contributed by atoms with E-state index < -0.39 is 10.0 Å². The van der Waals surface area contributed by atoms with Gasteiger partial charge in [0.25, 0.3) is 10.0 Å². The summed E-state index contributed by atoms with van der Waals surface area (Å²) < 4.78 is 27.1. The van der Waals surface area contributed by atoms with Crippen molar-refractivity contribution in [1.29, 1.82) is 0 Å². The molecule has 7 heteroatoms. The van der Waals surface area contributed by atoms with E-state index in [1.165, 1.54) is 6.07 Å². The van der Waals surface area contributed by atoms with Crippen molar-refractivity contribution in [2.24, 2.45) is 0 Å². The van der Waals surface area contributed by atoms with Crippen LogP contribution in [-0.4, -0.2) is 18.6 Å². The molecule has 0 unspecified atom stereocenters. The van der Waals surface area contributed by atoms with Gasteiger partial charge in [0, 0.05) is 17.4 Å². The fraction of sp³-hybridized carbons (Fsp3) is 0.308. The van der Waals surface area contributed by atoms with Crippen LogP contribution in [0.25, 0.3) is 0 Å². The fourth-order valence-electron chi connectivity index (χ4n) is 1.80. The summed E-state index contributed by atoms with van der Waals surface area (Å²) in [6.45, 7) is 5.66. The van der Waals surface area contributed by atoms with Crippen molar-refractivity contribution >= 4 is 21.5 Å². The molecule has 0 aliphatic carbocycles. The number of hydrogen-bond acceptors (Lipinski definition) is 4. The number of aromatic amines is 1. The lowest BCUT2D eigenvalue weighted by molar-refractivity contribution is 0.600. The van der Waals surface area contributed by atoms with E-state index in [1.54, 1.807) is 25.1 Å². The Morgan fingerprint density at radius 1 is 1.35 bits per heavy atom. The average Bonchev–Trinajstić information content (AvgIpc) is 2.80. The zero-order valence-electron chi connectivity index (χ0n) is 11.6. The maximum absolute atomic E-state index is 12.3. The molecule has 1 heterocycles. The van der Waals surface area contributed by atoms with Gasteiger partial charge in [-0.1, -0.05) is 19.9 Å². The van der Waals surface area contributed by atoms with E-state index in [-0.39, 0.29) is 16.6 Å². The van der Waals surface area contributed by atoms with Gasteiger partial charge < -0.3 is 5.73 Å². The van der Waals surface area contributed by atoms with Gasteiger partial charge in [0.05, 0.1) is 4.90 Å². The lowest BCUT2D eigenvalue weighted by Crippen LogP contribution is -2.15. The quantitative estimate of drug-likeness (QED) is 0.752. The zero-order chi connectivity index (χ0) is 14.9. The normalized spacial score (nSPS) is 11.8. The molecule has 0 aliphatic rings. The minimum absolute atomic E-state index is 0.159. The summed E-state index contributed by atoms with van der Waals surface area (Å²) in [6.07, 6.45) is 0. The second-order valence-corrected chi connectivity index (χ2v) is 6.59. The molecule has 4 N–H and O–H groups in total. The summed E-state index contributed by atoms with van der Waals surface area (Å²) in [4.78, 5) is 0.159.